The molecule has 0 fully saturated rings. The van der Waals surface area contributed by atoms with Gasteiger partial charge in [0.1, 0.15) is 17.2 Å². The van der Waals surface area contributed by atoms with Crippen molar-refractivity contribution in [2.75, 3.05) is 19.8 Å². The molecule has 4 heteroatoms. The molecule has 0 bridgehead atoms. The first-order valence-electron chi connectivity index (χ1n) is 11.1. The van der Waals surface area contributed by atoms with Crippen LogP contribution in [0.25, 0.3) is 6.08 Å². The SMILES string of the molecule is C=CCc1c(OCCC)cc(/C=C/C(=O)c2ccc(OCCC)cc2)cc1OCCC. The van der Waals surface area contributed by atoms with Crippen LogP contribution in [0.1, 0.15) is 61.5 Å². The van der Waals surface area contributed by atoms with E-state index >= 15 is 0 Å². The van der Waals surface area contributed by atoms with Crippen LogP contribution >= 0.6 is 0 Å². The number of ether oxygens (including phenoxy) is 3. The maximum absolute atomic E-state index is 12.6. The Labute approximate surface area is 186 Å². The van der Waals surface area contributed by atoms with E-state index in [-0.39, 0.29) is 5.78 Å². The maximum atomic E-state index is 12.6. The Hall–Kier alpha value is -3.01. The number of ketones is 1. The third-order valence-corrected chi connectivity index (χ3v) is 4.50. The van der Waals surface area contributed by atoms with Crippen molar-refractivity contribution < 1.29 is 19.0 Å². The van der Waals surface area contributed by atoms with E-state index in [1.165, 1.54) is 0 Å². The molecule has 0 aliphatic rings. The van der Waals surface area contributed by atoms with E-state index in [0.29, 0.717) is 31.8 Å². The minimum atomic E-state index is -0.0655. The van der Waals surface area contributed by atoms with Gasteiger partial charge in [-0.15, -0.1) is 6.58 Å². The number of rotatable bonds is 14. The quantitative estimate of drug-likeness (QED) is 0.194. The molecule has 31 heavy (non-hydrogen) atoms. The van der Waals surface area contributed by atoms with Crippen LogP contribution in [0.4, 0.5) is 0 Å². The Morgan fingerprint density at radius 1 is 0.871 bits per heavy atom. The fraction of sp³-hybridized carbons (Fsp3) is 0.370. The lowest BCUT2D eigenvalue weighted by molar-refractivity contribution is 0.104. The summed E-state index contributed by atoms with van der Waals surface area (Å²) in [6, 6.07) is 11.1. The zero-order chi connectivity index (χ0) is 22.5. The maximum Gasteiger partial charge on any atom is 0.185 e. The van der Waals surface area contributed by atoms with Crippen LogP contribution < -0.4 is 14.2 Å². The van der Waals surface area contributed by atoms with Crippen molar-refractivity contribution in [2.24, 2.45) is 0 Å². The molecular formula is C27H34O4. The van der Waals surface area contributed by atoms with Crippen LogP contribution in [0.3, 0.4) is 0 Å². The highest BCUT2D eigenvalue weighted by atomic mass is 16.5. The van der Waals surface area contributed by atoms with Crippen LogP contribution in [0.5, 0.6) is 17.2 Å². The lowest BCUT2D eigenvalue weighted by atomic mass is 10.0. The van der Waals surface area contributed by atoms with Crippen molar-refractivity contribution in [1.29, 1.82) is 0 Å². The highest BCUT2D eigenvalue weighted by Crippen LogP contribution is 2.33. The average Bonchev–Trinajstić information content (AvgIpc) is 2.80. The summed E-state index contributed by atoms with van der Waals surface area (Å²) >= 11 is 0. The standard InChI is InChI=1S/C27H34O4/c1-5-9-24-26(30-17-7-3)19-21(20-27(24)31-18-8-4)10-15-25(28)22-11-13-23(14-12-22)29-16-6-2/h5,10-15,19-20H,1,6-9,16-18H2,2-4H3/b15-10+. The molecule has 0 aromatic heterocycles. The van der Waals surface area contributed by atoms with E-state index in [1.807, 2.05) is 30.3 Å². The second kappa shape index (κ2) is 13.3. The fourth-order valence-corrected chi connectivity index (χ4v) is 2.97. The number of hydrogen-bond donors (Lipinski definition) is 0. The Morgan fingerprint density at radius 3 is 1.94 bits per heavy atom. The molecule has 0 spiro atoms. The van der Waals surface area contributed by atoms with Gasteiger partial charge in [-0.3, -0.25) is 4.79 Å². The van der Waals surface area contributed by atoms with E-state index in [9.17, 15) is 4.79 Å². The number of benzene rings is 2. The van der Waals surface area contributed by atoms with Gasteiger partial charge in [0.15, 0.2) is 5.78 Å². The van der Waals surface area contributed by atoms with Gasteiger partial charge in [0.05, 0.1) is 19.8 Å². The van der Waals surface area contributed by atoms with Crippen molar-refractivity contribution in [3.8, 4) is 17.2 Å². The third-order valence-electron chi connectivity index (χ3n) is 4.50. The molecule has 0 radical (unpaired) electrons. The normalized spacial score (nSPS) is 10.8. The number of carbonyl (C=O) groups excluding carboxylic acids is 1. The summed E-state index contributed by atoms with van der Waals surface area (Å²) in [6.45, 7) is 12.0. The summed E-state index contributed by atoms with van der Waals surface area (Å²) in [5, 5.41) is 0. The highest BCUT2D eigenvalue weighted by molar-refractivity contribution is 6.06. The third kappa shape index (κ3) is 7.63. The van der Waals surface area contributed by atoms with Crippen LogP contribution in [0.15, 0.2) is 55.1 Å². The predicted octanol–water partition coefficient (Wildman–Crippen LogP) is 6.68. The van der Waals surface area contributed by atoms with E-state index in [0.717, 1.165) is 47.6 Å². The number of hydrogen-bond acceptors (Lipinski definition) is 4. The van der Waals surface area contributed by atoms with Gasteiger partial charge in [0, 0.05) is 11.1 Å². The molecule has 0 N–H and O–H groups in total. The molecule has 166 valence electrons. The predicted molar refractivity (Wildman–Crippen MR) is 128 cm³/mol. The van der Waals surface area contributed by atoms with Gasteiger partial charge in [-0.1, -0.05) is 32.9 Å². The van der Waals surface area contributed by atoms with Gasteiger partial charge >= 0.3 is 0 Å². The summed E-state index contributed by atoms with van der Waals surface area (Å²) in [4.78, 5) is 12.6. The zero-order valence-electron chi connectivity index (χ0n) is 19.0. The van der Waals surface area contributed by atoms with Crippen molar-refractivity contribution in [3.05, 3.63) is 71.8 Å². The van der Waals surface area contributed by atoms with Crippen molar-refractivity contribution in [2.45, 2.75) is 46.5 Å². The second-order valence-corrected chi connectivity index (χ2v) is 7.26. The van der Waals surface area contributed by atoms with E-state index in [4.69, 9.17) is 14.2 Å². The molecular weight excluding hydrogens is 388 g/mol. The summed E-state index contributed by atoms with van der Waals surface area (Å²) in [5.74, 6) is 2.26. The molecule has 2 rings (SSSR count). The molecule has 0 aliphatic carbocycles. The first-order valence-corrected chi connectivity index (χ1v) is 11.1. The Kier molecular flexibility index (Phi) is 10.4. The first kappa shape index (κ1) is 24.3. The molecule has 0 heterocycles. The molecule has 0 unspecified atom stereocenters. The minimum absolute atomic E-state index is 0.0655. The number of carbonyl (C=O) groups is 1. The van der Waals surface area contributed by atoms with Gasteiger partial charge < -0.3 is 14.2 Å². The van der Waals surface area contributed by atoms with Gasteiger partial charge in [0.25, 0.3) is 0 Å². The second-order valence-electron chi connectivity index (χ2n) is 7.26. The smallest absolute Gasteiger partial charge is 0.185 e. The lowest BCUT2D eigenvalue weighted by Crippen LogP contribution is -2.04. The largest absolute Gasteiger partial charge is 0.494 e. The zero-order valence-corrected chi connectivity index (χ0v) is 19.0. The monoisotopic (exact) mass is 422 g/mol. The molecule has 0 atom stereocenters. The van der Waals surface area contributed by atoms with Crippen LogP contribution in [-0.4, -0.2) is 25.6 Å². The summed E-state index contributed by atoms with van der Waals surface area (Å²) in [6.07, 6.45) is 8.66. The molecule has 0 saturated heterocycles. The van der Waals surface area contributed by atoms with E-state index in [1.54, 1.807) is 24.3 Å². The summed E-state index contributed by atoms with van der Waals surface area (Å²) in [7, 11) is 0. The van der Waals surface area contributed by atoms with Crippen LogP contribution in [0.2, 0.25) is 0 Å². The van der Waals surface area contributed by atoms with Gasteiger partial charge in [-0.2, -0.15) is 0 Å². The van der Waals surface area contributed by atoms with Crippen LogP contribution in [-0.2, 0) is 6.42 Å². The summed E-state index contributed by atoms with van der Waals surface area (Å²) < 4.78 is 17.5. The van der Waals surface area contributed by atoms with Crippen LogP contribution in [0, 0.1) is 0 Å². The lowest BCUT2D eigenvalue weighted by Gasteiger charge is -2.16. The highest BCUT2D eigenvalue weighted by Gasteiger charge is 2.12. The van der Waals surface area contributed by atoms with Crippen molar-refractivity contribution in [1.82, 2.24) is 0 Å². The molecule has 2 aromatic carbocycles. The van der Waals surface area contributed by atoms with E-state index in [2.05, 4.69) is 27.4 Å². The number of allylic oxidation sites excluding steroid dienone is 2. The molecule has 0 aliphatic heterocycles. The van der Waals surface area contributed by atoms with Gasteiger partial charge in [-0.25, -0.2) is 0 Å². The van der Waals surface area contributed by atoms with Gasteiger partial charge in [-0.05, 0) is 73.7 Å². The molecule has 4 nitrogen and oxygen atoms in total. The summed E-state index contributed by atoms with van der Waals surface area (Å²) in [5.41, 5.74) is 2.47. The molecule has 0 saturated carbocycles. The fourth-order valence-electron chi connectivity index (χ4n) is 2.97. The topological polar surface area (TPSA) is 44.8 Å². The first-order chi connectivity index (χ1) is 15.1. The molecule has 2 aromatic rings. The van der Waals surface area contributed by atoms with Crippen molar-refractivity contribution >= 4 is 11.9 Å². The Morgan fingerprint density at radius 2 is 1.42 bits per heavy atom. The van der Waals surface area contributed by atoms with Crippen molar-refractivity contribution in [3.63, 3.8) is 0 Å². The van der Waals surface area contributed by atoms with Gasteiger partial charge in [0.2, 0.25) is 0 Å². The Balaban J connectivity index is 2.25. The Bertz CT molecular complexity index is 836. The van der Waals surface area contributed by atoms with E-state index < -0.39 is 0 Å². The average molecular weight is 423 g/mol. The molecule has 0 amide bonds. The minimum Gasteiger partial charge on any atom is -0.494 e.